The molecule has 1 saturated heterocycles. The van der Waals surface area contributed by atoms with Gasteiger partial charge in [0.15, 0.2) is 0 Å². The topological polar surface area (TPSA) is 58.6 Å². The second-order valence-electron chi connectivity index (χ2n) is 3.67. The van der Waals surface area contributed by atoms with Crippen LogP contribution in [0.4, 0.5) is 5.69 Å². The number of ether oxygens (including phenoxy) is 1. The van der Waals surface area contributed by atoms with Crippen LogP contribution in [0.1, 0.15) is 17.3 Å². The molecule has 1 amide bonds. The minimum absolute atomic E-state index is 0.0360. The lowest BCUT2D eigenvalue weighted by Crippen LogP contribution is -2.25. The molecule has 1 N–H and O–H groups in total. The second kappa shape index (κ2) is 4.97. The first-order valence-electron chi connectivity index (χ1n) is 5.50. The summed E-state index contributed by atoms with van der Waals surface area (Å²) in [5.74, 6) is -0.307. The average Bonchev–Trinajstić information content (AvgIpc) is 2.76. The minimum atomic E-state index is -0.343. The van der Waals surface area contributed by atoms with Gasteiger partial charge in [-0.1, -0.05) is 0 Å². The number of nitrogens with one attached hydrogen (secondary N) is 1. The Morgan fingerprint density at radius 2 is 2.12 bits per heavy atom. The highest BCUT2D eigenvalue weighted by molar-refractivity contribution is 5.97. The number of esters is 1. The van der Waals surface area contributed by atoms with Crippen molar-refractivity contribution in [3.05, 3.63) is 29.8 Å². The van der Waals surface area contributed by atoms with Gasteiger partial charge in [-0.2, -0.15) is 0 Å². The van der Waals surface area contributed by atoms with Crippen molar-refractivity contribution in [2.24, 2.45) is 0 Å². The van der Waals surface area contributed by atoms with E-state index >= 15 is 0 Å². The third-order valence-corrected chi connectivity index (χ3v) is 2.54. The molecule has 17 heavy (non-hydrogen) atoms. The number of carbonyl (C=O) groups excluding carboxylic acids is 2. The van der Waals surface area contributed by atoms with Crippen molar-refractivity contribution >= 4 is 17.6 Å². The number of hydrogen-bond acceptors (Lipinski definition) is 4. The van der Waals surface area contributed by atoms with Crippen LogP contribution >= 0.6 is 0 Å². The van der Waals surface area contributed by atoms with Crippen molar-refractivity contribution in [1.29, 1.82) is 0 Å². The van der Waals surface area contributed by atoms with Gasteiger partial charge in [-0.25, -0.2) is 4.79 Å². The van der Waals surface area contributed by atoms with Crippen LogP contribution in [0.5, 0.6) is 0 Å². The van der Waals surface area contributed by atoms with Crippen molar-refractivity contribution in [1.82, 2.24) is 5.32 Å². The van der Waals surface area contributed by atoms with E-state index in [1.807, 2.05) is 0 Å². The van der Waals surface area contributed by atoms with E-state index in [-0.39, 0.29) is 11.9 Å². The maximum Gasteiger partial charge on any atom is 0.338 e. The Morgan fingerprint density at radius 3 is 2.65 bits per heavy atom. The zero-order valence-corrected chi connectivity index (χ0v) is 9.60. The van der Waals surface area contributed by atoms with Crippen molar-refractivity contribution in [2.75, 3.05) is 24.7 Å². The van der Waals surface area contributed by atoms with Crippen molar-refractivity contribution in [3.8, 4) is 0 Å². The fourth-order valence-corrected chi connectivity index (χ4v) is 1.69. The molecule has 0 atom stereocenters. The molecule has 1 aromatic carbocycles. The SMILES string of the molecule is CCOC(=O)c1ccc(N2CNCC2=O)cc1. The van der Waals surface area contributed by atoms with Crippen molar-refractivity contribution < 1.29 is 14.3 Å². The molecule has 1 aromatic rings. The Hall–Kier alpha value is -1.88. The highest BCUT2D eigenvalue weighted by atomic mass is 16.5. The molecular formula is C12H14N2O3. The zero-order chi connectivity index (χ0) is 12.3. The summed E-state index contributed by atoms with van der Waals surface area (Å²) in [4.78, 5) is 24.5. The number of nitrogens with zero attached hydrogens (tertiary/aromatic N) is 1. The largest absolute Gasteiger partial charge is 0.462 e. The molecule has 2 rings (SSSR count). The average molecular weight is 234 g/mol. The molecule has 0 saturated carbocycles. The van der Waals surface area contributed by atoms with Crippen LogP contribution in [0.25, 0.3) is 0 Å². The standard InChI is InChI=1S/C12H14N2O3/c1-2-17-12(16)9-3-5-10(6-4-9)14-8-13-7-11(14)15/h3-6,13H,2,7-8H2,1H3. The molecule has 0 aliphatic carbocycles. The van der Waals surface area contributed by atoms with Crippen molar-refractivity contribution in [3.63, 3.8) is 0 Å². The summed E-state index contributed by atoms with van der Waals surface area (Å²) < 4.78 is 4.88. The molecular weight excluding hydrogens is 220 g/mol. The number of anilines is 1. The number of rotatable bonds is 3. The number of amides is 1. The van der Waals surface area contributed by atoms with Crippen LogP contribution < -0.4 is 10.2 Å². The van der Waals surface area contributed by atoms with E-state index in [0.29, 0.717) is 25.4 Å². The minimum Gasteiger partial charge on any atom is -0.462 e. The van der Waals surface area contributed by atoms with Crippen LogP contribution in [0.15, 0.2) is 24.3 Å². The molecule has 5 nitrogen and oxygen atoms in total. The normalized spacial score (nSPS) is 15.1. The van der Waals surface area contributed by atoms with Gasteiger partial charge < -0.3 is 4.74 Å². The number of carbonyl (C=O) groups is 2. The third kappa shape index (κ3) is 2.45. The number of hydrogen-bond donors (Lipinski definition) is 1. The molecule has 0 spiro atoms. The van der Waals surface area contributed by atoms with Gasteiger partial charge in [0, 0.05) is 5.69 Å². The van der Waals surface area contributed by atoms with E-state index in [0.717, 1.165) is 5.69 Å². The lowest BCUT2D eigenvalue weighted by Gasteiger charge is -2.14. The van der Waals surface area contributed by atoms with Gasteiger partial charge in [0.05, 0.1) is 25.4 Å². The second-order valence-corrected chi connectivity index (χ2v) is 3.67. The first-order chi connectivity index (χ1) is 8.22. The quantitative estimate of drug-likeness (QED) is 0.784. The van der Waals surface area contributed by atoms with Gasteiger partial charge in [0.2, 0.25) is 5.91 Å². The van der Waals surface area contributed by atoms with Gasteiger partial charge >= 0.3 is 5.97 Å². The van der Waals surface area contributed by atoms with Crippen LogP contribution in [-0.2, 0) is 9.53 Å². The summed E-state index contributed by atoms with van der Waals surface area (Å²) in [6, 6.07) is 6.83. The van der Waals surface area contributed by atoms with E-state index in [1.165, 1.54) is 0 Å². The fourth-order valence-electron chi connectivity index (χ4n) is 1.69. The summed E-state index contributed by atoms with van der Waals surface area (Å²) in [5.41, 5.74) is 1.28. The molecule has 90 valence electrons. The van der Waals surface area contributed by atoms with Crippen LogP contribution in [-0.4, -0.2) is 31.7 Å². The van der Waals surface area contributed by atoms with E-state index in [1.54, 1.807) is 36.1 Å². The van der Waals surface area contributed by atoms with E-state index in [4.69, 9.17) is 4.74 Å². The Kier molecular flexibility index (Phi) is 3.39. The molecule has 1 aliphatic heterocycles. The van der Waals surface area contributed by atoms with Gasteiger partial charge in [-0.05, 0) is 31.2 Å². The zero-order valence-electron chi connectivity index (χ0n) is 9.60. The van der Waals surface area contributed by atoms with Gasteiger partial charge in [-0.3, -0.25) is 15.0 Å². The molecule has 5 heteroatoms. The molecule has 0 radical (unpaired) electrons. The Labute approximate surface area is 99.4 Å². The maximum atomic E-state index is 11.5. The van der Waals surface area contributed by atoms with Gasteiger partial charge in [0.1, 0.15) is 0 Å². The summed E-state index contributed by atoms with van der Waals surface area (Å²) in [7, 11) is 0. The maximum absolute atomic E-state index is 11.5. The smallest absolute Gasteiger partial charge is 0.338 e. The first kappa shape index (κ1) is 11.6. The lowest BCUT2D eigenvalue weighted by molar-refractivity contribution is -0.116. The monoisotopic (exact) mass is 234 g/mol. The van der Waals surface area contributed by atoms with Crippen LogP contribution in [0.2, 0.25) is 0 Å². The fraction of sp³-hybridized carbons (Fsp3) is 0.333. The first-order valence-corrected chi connectivity index (χ1v) is 5.50. The van der Waals surface area contributed by atoms with Crippen LogP contribution in [0.3, 0.4) is 0 Å². The van der Waals surface area contributed by atoms with Crippen molar-refractivity contribution in [2.45, 2.75) is 6.92 Å². The molecule has 1 heterocycles. The summed E-state index contributed by atoms with van der Waals surface area (Å²) in [6.07, 6.45) is 0. The Morgan fingerprint density at radius 1 is 1.41 bits per heavy atom. The van der Waals surface area contributed by atoms with E-state index in [9.17, 15) is 9.59 Å². The van der Waals surface area contributed by atoms with Gasteiger partial charge in [-0.15, -0.1) is 0 Å². The summed E-state index contributed by atoms with van der Waals surface area (Å²) >= 11 is 0. The summed E-state index contributed by atoms with van der Waals surface area (Å²) in [5, 5.41) is 2.96. The Balaban J connectivity index is 2.12. The highest BCUT2D eigenvalue weighted by Gasteiger charge is 2.21. The summed E-state index contributed by atoms with van der Waals surface area (Å²) in [6.45, 7) is 2.99. The highest BCUT2D eigenvalue weighted by Crippen LogP contribution is 2.17. The molecule has 1 fully saturated rings. The van der Waals surface area contributed by atoms with Gasteiger partial charge in [0.25, 0.3) is 0 Å². The lowest BCUT2D eigenvalue weighted by atomic mass is 10.2. The number of benzene rings is 1. The third-order valence-electron chi connectivity index (χ3n) is 2.54. The Bertz CT molecular complexity index is 428. The van der Waals surface area contributed by atoms with E-state index < -0.39 is 0 Å². The predicted octanol–water partition coefficient (Wildman–Crippen LogP) is 0.757. The van der Waals surface area contributed by atoms with E-state index in [2.05, 4.69) is 5.32 Å². The predicted molar refractivity (Wildman–Crippen MR) is 62.8 cm³/mol. The molecule has 1 aliphatic rings. The molecule has 0 aromatic heterocycles. The molecule has 0 bridgehead atoms. The van der Waals surface area contributed by atoms with Crippen LogP contribution in [0, 0.1) is 0 Å². The molecule has 0 unspecified atom stereocenters.